The molecule has 2 atom stereocenters. The third-order valence-electron chi connectivity index (χ3n) is 4.53. The third kappa shape index (κ3) is 2.28. The molecule has 3 nitrogen and oxygen atoms in total. The van der Waals surface area contributed by atoms with Gasteiger partial charge < -0.3 is 0 Å². The molecule has 1 aliphatic rings. The molecule has 1 aromatic heterocycles. The molecule has 0 aromatic carbocycles. The van der Waals surface area contributed by atoms with E-state index in [2.05, 4.69) is 25.9 Å². The lowest BCUT2D eigenvalue weighted by Crippen LogP contribution is -2.31. The molecule has 94 valence electrons. The quantitative estimate of drug-likeness (QED) is 0.806. The summed E-state index contributed by atoms with van der Waals surface area (Å²) in [6.07, 6.45) is 5.94. The molecule has 1 saturated carbocycles. The Morgan fingerprint density at radius 3 is 2.71 bits per heavy atom. The summed E-state index contributed by atoms with van der Waals surface area (Å²) in [7, 11) is 0. The number of aromatic nitrogens is 2. The highest BCUT2D eigenvalue weighted by Gasteiger charge is 2.43. The molecular formula is C14H22N2O. The number of carbonyl (C=O) groups excluding carboxylic acids is 1. The molecule has 3 heteroatoms. The summed E-state index contributed by atoms with van der Waals surface area (Å²) < 4.78 is 1.76. The second-order valence-corrected chi connectivity index (χ2v) is 6.03. The number of carbonyl (C=O) groups is 1. The van der Waals surface area contributed by atoms with Gasteiger partial charge in [0.25, 0.3) is 0 Å². The van der Waals surface area contributed by atoms with E-state index in [0.29, 0.717) is 18.2 Å². The van der Waals surface area contributed by atoms with Gasteiger partial charge in [0.15, 0.2) is 5.78 Å². The van der Waals surface area contributed by atoms with E-state index < -0.39 is 0 Å². The summed E-state index contributed by atoms with van der Waals surface area (Å²) in [6.45, 7) is 9.12. The van der Waals surface area contributed by atoms with E-state index in [0.717, 1.165) is 12.0 Å². The summed E-state index contributed by atoms with van der Waals surface area (Å²) in [6, 6.07) is 0. The first kappa shape index (κ1) is 12.3. The molecule has 0 amide bonds. The van der Waals surface area contributed by atoms with Crippen molar-refractivity contribution < 1.29 is 4.79 Å². The van der Waals surface area contributed by atoms with Crippen molar-refractivity contribution in [1.29, 1.82) is 0 Å². The summed E-state index contributed by atoms with van der Waals surface area (Å²) in [5, 5.41) is 4.19. The van der Waals surface area contributed by atoms with Gasteiger partial charge in [-0.3, -0.25) is 9.48 Å². The monoisotopic (exact) mass is 234 g/mol. The van der Waals surface area contributed by atoms with Crippen LogP contribution in [0.25, 0.3) is 0 Å². The highest BCUT2D eigenvalue weighted by Crippen LogP contribution is 2.47. The van der Waals surface area contributed by atoms with E-state index in [4.69, 9.17) is 0 Å². The fraction of sp³-hybridized carbons (Fsp3) is 0.714. The lowest BCUT2D eigenvalue weighted by Gasteiger charge is -2.30. The molecule has 0 spiro atoms. The van der Waals surface area contributed by atoms with Gasteiger partial charge >= 0.3 is 0 Å². The van der Waals surface area contributed by atoms with E-state index in [-0.39, 0.29) is 11.3 Å². The lowest BCUT2D eigenvalue weighted by atomic mass is 9.74. The van der Waals surface area contributed by atoms with Gasteiger partial charge in [0.2, 0.25) is 0 Å². The van der Waals surface area contributed by atoms with Gasteiger partial charge in [0.05, 0.1) is 12.7 Å². The van der Waals surface area contributed by atoms with Crippen LogP contribution in [0.2, 0.25) is 0 Å². The van der Waals surface area contributed by atoms with Gasteiger partial charge in [-0.2, -0.15) is 5.10 Å². The van der Waals surface area contributed by atoms with Crippen molar-refractivity contribution >= 4 is 5.78 Å². The van der Waals surface area contributed by atoms with Gasteiger partial charge in [-0.25, -0.2) is 0 Å². The Labute approximate surface area is 103 Å². The fourth-order valence-corrected chi connectivity index (χ4v) is 2.90. The molecule has 2 unspecified atom stereocenters. The van der Waals surface area contributed by atoms with Crippen LogP contribution in [-0.4, -0.2) is 15.6 Å². The maximum atomic E-state index is 12.3. The van der Waals surface area contributed by atoms with Gasteiger partial charge in [-0.1, -0.05) is 20.8 Å². The van der Waals surface area contributed by atoms with Crippen LogP contribution >= 0.6 is 0 Å². The van der Waals surface area contributed by atoms with Crippen molar-refractivity contribution in [2.24, 2.45) is 17.3 Å². The fourth-order valence-electron chi connectivity index (χ4n) is 2.90. The van der Waals surface area contributed by atoms with Crippen LogP contribution in [0.4, 0.5) is 0 Å². The van der Waals surface area contributed by atoms with Crippen molar-refractivity contribution in [3.05, 3.63) is 18.0 Å². The molecule has 0 saturated heterocycles. The molecule has 0 radical (unpaired) electrons. The van der Waals surface area contributed by atoms with Crippen LogP contribution in [-0.2, 0) is 11.3 Å². The SMILES string of the molecule is Cc1cnn(CC(=O)C2CCC(C)C2(C)C)c1. The molecule has 0 bridgehead atoms. The zero-order valence-corrected chi connectivity index (χ0v) is 11.2. The Morgan fingerprint density at radius 1 is 1.53 bits per heavy atom. The van der Waals surface area contributed by atoms with E-state index in [1.165, 1.54) is 6.42 Å². The number of hydrogen-bond donors (Lipinski definition) is 0. The minimum atomic E-state index is 0.138. The molecule has 1 heterocycles. The Kier molecular flexibility index (Phi) is 3.11. The smallest absolute Gasteiger partial charge is 0.157 e. The summed E-state index contributed by atoms with van der Waals surface area (Å²) in [5.41, 5.74) is 1.25. The normalized spacial score (nSPS) is 27.3. The van der Waals surface area contributed by atoms with Gasteiger partial charge in [-0.15, -0.1) is 0 Å². The molecule has 1 aliphatic carbocycles. The molecule has 1 aromatic rings. The Balaban J connectivity index is 2.06. The number of ketones is 1. The van der Waals surface area contributed by atoms with Gasteiger partial charge in [-0.05, 0) is 36.7 Å². The van der Waals surface area contributed by atoms with Crippen LogP contribution < -0.4 is 0 Å². The van der Waals surface area contributed by atoms with Crippen molar-refractivity contribution in [2.45, 2.75) is 47.1 Å². The Morgan fingerprint density at radius 2 is 2.24 bits per heavy atom. The summed E-state index contributed by atoms with van der Waals surface area (Å²) >= 11 is 0. The van der Waals surface area contributed by atoms with Crippen LogP contribution in [0.1, 0.15) is 39.2 Å². The van der Waals surface area contributed by atoms with Crippen molar-refractivity contribution in [3.63, 3.8) is 0 Å². The highest BCUT2D eigenvalue weighted by molar-refractivity contribution is 5.81. The predicted molar refractivity (Wildman–Crippen MR) is 67.6 cm³/mol. The maximum absolute atomic E-state index is 12.3. The summed E-state index contributed by atoms with van der Waals surface area (Å²) in [4.78, 5) is 12.3. The molecule has 1 fully saturated rings. The molecule has 0 N–H and O–H groups in total. The molecule has 0 aliphatic heterocycles. The first-order valence-corrected chi connectivity index (χ1v) is 6.43. The minimum absolute atomic E-state index is 0.138. The number of Topliss-reactive ketones (excluding diaryl/α,β-unsaturated/α-hetero) is 1. The Hall–Kier alpha value is -1.12. The maximum Gasteiger partial charge on any atom is 0.157 e. The number of rotatable bonds is 3. The number of nitrogens with zero attached hydrogens (tertiary/aromatic N) is 2. The van der Waals surface area contributed by atoms with E-state index in [9.17, 15) is 4.79 Å². The second kappa shape index (κ2) is 4.28. The topological polar surface area (TPSA) is 34.9 Å². The van der Waals surface area contributed by atoms with Crippen molar-refractivity contribution in [1.82, 2.24) is 9.78 Å². The number of aryl methyl sites for hydroxylation is 1. The zero-order chi connectivity index (χ0) is 12.6. The minimum Gasteiger partial charge on any atom is -0.297 e. The van der Waals surface area contributed by atoms with Crippen LogP contribution in [0.15, 0.2) is 12.4 Å². The highest BCUT2D eigenvalue weighted by atomic mass is 16.1. The van der Waals surface area contributed by atoms with Gasteiger partial charge in [0, 0.05) is 12.1 Å². The summed E-state index contributed by atoms with van der Waals surface area (Å²) in [5.74, 6) is 1.17. The first-order valence-electron chi connectivity index (χ1n) is 6.43. The average molecular weight is 234 g/mol. The van der Waals surface area contributed by atoms with Crippen molar-refractivity contribution in [2.75, 3.05) is 0 Å². The predicted octanol–water partition coefficient (Wildman–Crippen LogP) is 2.83. The lowest BCUT2D eigenvalue weighted by molar-refractivity contribution is -0.126. The van der Waals surface area contributed by atoms with E-state index >= 15 is 0 Å². The van der Waals surface area contributed by atoms with Crippen molar-refractivity contribution in [3.8, 4) is 0 Å². The average Bonchev–Trinajstić information content (AvgIpc) is 2.73. The van der Waals surface area contributed by atoms with E-state index in [1.54, 1.807) is 10.9 Å². The standard InChI is InChI=1S/C14H22N2O/c1-10-7-15-16(8-10)9-13(17)12-6-5-11(2)14(12,3)4/h7-8,11-12H,5-6,9H2,1-4H3. The molecular weight excluding hydrogens is 212 g/mol. The third-order valence-corrected chi connectivity index (χ3v) is 4.53. The second-order valence-electron chi connectivity index (χ2n) is 6.03. The van der Waals surface area contributed by atoms with Gasteiger partial charge in [0.1, 0.15) is 0 Å². The first-order chi connectivity index (χ1) is 7.91. The molecule has 2 rings (SSSR count). The largest absolute Gasteiger partial charge is 0.297 e. The number of hydrogen-bond acceptors (Lipinski definition) is 2. The van der Waals surface area contributed by atoms with E-state index in [1.807, 2.05) is 13.1 Å². The zero-order valence-electron chi connectivity index (χ0n) is 11.2. The van der Waals surface area contributed by atoms with Crippen LogP contribution in [0, 0.1) is 24.2 Å². The Bertz CT molecular complexity index is 420. The van der Waals surface area contributed by atoms with Crippen LogP contribution in [0.3, 0.4) is 0 Å². The molecule has 17 heavy (non-hydrogen) atoms. The van der Waals surface area contributed by atoms with Crippen LogP contribution in [0.5, 0.6) is 0 Å².